The Hall–Kier alpha value is -0.446. The molecule has 0 bridgehead atoms. The van der Waals surface area contributed by atoms with E-state index < -0.39 is 16.1 Å². The minimum absolute atomic E-state index is 0.946. The Labute approximate surface area is 91.5 Å². The van der Waals surface area contributed by atoms with Gasteiger partial charge >= 0.3 is 0 Å². The van der Waals surface area contributed by atoms with Crippen LogP contribution in [-0.2, 0) is 0 Å². The lowest BCUT2D eigenvalue weighted by atomic mass is 10.3. The van der Waals surface area contributed by atoms with Crippen molar-refractivity contribution < 1.29 is 0 Å². The lowest BCUT2D eigenvalue weighted by molar-refractivity contribution is 1.12. The average molecular weight is 222 g/mol. The molecule has 0 radical (unpaired) electrons. The van der Waals surface area contributed by atoms with Crippen molar-refractivity contribution >= 4 is 16.1 Å². The Morgan fingerprint density at radius 2 is 0.929 bits per heavy atom. The molecule has 0 aliphatic heterocycles. The first kappa shape index (κ1) is 13.6. The molecule has 14 heavy (non-hydrogen) atoms. The lowest BCUT2D eigenvalue weighted by Crippen LogP contribution is -2.16. The van der Waals surface area contributed by atoms with Crippen LogP contribution in [0, 0.1) is 22.9 Å². The van der Waals surface area contributed by atoms with Crippen molar-refractivity contribution in [3.05, 3.63) is 0 Å². The first-order chi connectivity index (χ1) is 6.21. The highest BCUT2D eigenvalue weighted by Crippen LogP contribution is 1.98. The van der Waals surface area contributed by atoms with Crippen molar-refractivity contribution in [2.75, 3.05) is 0 Å². The van der Waals surface area contributed by atoms with Crippen LogP contribution in [0.15, 0.2) is 0 Å². The van der Waals surface area contributed by atoms with Crippen molar-refractivity contribution in [3.63, 3.8) is 0 Å². The fraction of sp³-hybridized carbons (Fsp3) is 0.667. The van der Waals surface area contributed by atoms with Gasteiger partial charge in [-0.05, 0) is 0 Å². The quantitative estimate of drug-likeness (QED) is 0.362. The molecule has 0 aromatic heterocycles. The molecule has 0 N–H and O–H groups in total. The number of unbranched alkanes of at least 4 members (excludes halogenated alkanes) is 1. The molecule has 78 valence electrons. The summed E-state index contributed by atoms with van der Waals surface area (Å²) in [5.41, 5.74) is 6.70. The van der Waals surface area contributed by atoms with E-state index in [4.69, 9.17) is 0 Å². The van der Waals surface area contributed by atoms with Gasteiger partial charge in [-0.15, -0.1) is 22.9 Å². The minimum atomic E-state index is -1.15. The van der Waals surface area contributed by atoms with E-state index in [1.165, 1.54) is 0 Å². The summed E-state index contributed by atoms with van der Waals surface area (Å²) >= 11 is 0. The van der Waals surface area contributed by atoms with Gasteiger partial charge in [0.15, 0.2) is 0 Å². The first-order valence-electron chi connectivity index (χ1n) is 5.21. The second-order valence-corrected chi connectivity index (χ2v) is 15.1. The molecule has 0 aliphatic carbocycles. The summed E-state index contributed by atoms with van der Waals surface area (Å²) in [6, 6.07) is 0. The van der Waals surface area contributed by atoms with Crippen LogP contribution in [0.3, 0.4) is 0 Å². The lowest BCUT2D eigenvalue weighted by Gasteiger charge is -2.03. The minimum Gasteiger partial charge on any atom is -0.132 e. The van der Waals surface area contributed by atoms with E-state index in [-0.39, 0.29) is 0 Å². The zero-order valence-corrected chi connectivity index (χ0v) is 12.4. The van der Waals surface area contributed by atoms with E-state index >= 15 is 0 Å². The van der Waals surface area contributed by atoms with Gasteiger partial charge in [0.1, 0.15) is 16.1 Å². The summed E-state index contributed by atoms with van der Waals surface area (Å²) in [7, 11) is -2.31. The largest absolute Gasteiger partial charge is 0.132 e. The van der Waals surface area contributed by atoms with Crippen molar-refractivity contribution in [3.8, 4) is 22.9 Å². The molecule has 0 unspecified atom stereocenters. The van der Waals surface area contributed by atoms with Crippen LogP contribution < -0.4 is 0 Å². The molecule has 0 aromatic rings. The summed E-state index contributed by atoms with van der Waals surface area (Å²) in [5.74, 6) is 6.47. The zero-order valence-electron chi connectivity index (χ0n) is 10.4. The van der Waals surface area contributed by atoms with Gasteiger partial charge < -0.3 is 0 Å². The second kappa shape index (κ2) is 5.44. The third-order valence-electron chi connectivity index (χ3n) is 1.30. The van der Waals surface area contributed by atoms with E-state index in [9.17, 15) is 0 Å². The van der Waals surface area contributed by atoms with Gasteiger partial charge in [0.05, 0.1) is 0 Å². The van der Waals surface area contributed by atoms with Crippen LogP contribution in [0.5, 0.6) is 0 Å². The SMILES string of the molecule is C[Si](C)(C)C#CCCC#C[Si](C)(C)C. The predicted molar refractivity (Wildman–Crippen MR) is 71.5 cm³/mol. The van der Waals surface area contributed by atoms with Crippen molar-refractivity contribution in [1.82, 2.24) is 0 Å². The molecule has 0 saturated heterocycles. The molecule has 0 saturated carbocycles. The molecule has 0 rings (SSSR count). The number of hydrogen-bond acceptors (Lipinski definition) is 0. The number of hydrogen-bond donors (Lipinski definition) is 0. The fourth-order valence-corrected chi connectivity index (χ4v) is 2.09. The Morgan fingerprint density at radius 1 is 0.643 bits per heavy atom. The summed E-state index contributed by atoms with van der Waals surface area (Å²) in [6.07, 6.45) is 1.89. The van der Waals surface area contributed by atoms with Gasteiger partial charge in [0.2, 0.25) is 0 Å². The Morgan fingerprint density at radius 3 is 1.14 bits per heavy atom. The third-order valence-corrected chi connectivity index (χ3v) is 3.16. The van der Waals surface area contributed by atoms with Crippen LogP contribution in [0.1, 0.15) is 12.8 Å². The molecular weight excluding hydrogens is 200 g/mol. The molecular formula is C12H22Si2. The van der Waals surface area contributed by atoms with Gasteiger partial charge in [-0.1, -0.05) is 39.3 Å². The molecule has 0 aromatic carbocycles. The second-order valence-electron chi connectivity index (χ2n) is 5.60. The molecule has 0 heterocycles. The van der Waals surface area contributed by atoms with E-state index in [1.54, 1.807) is 0 Å². The van der Waals surface area contributed by atoms with E-state index in [1.807, 2.05) is 0 Å². The van der Waals surface area contributed by atoms with Crippen LogP contribution >= 0.6 is 0 Å². The van der Waals surface area contributed by atoms with Gasteiger partial charge in [0.25, 0.3) is 0 Å². The topological polar surface area (TPSA) is 0 Å². The Balaban J connectivity index is 3.85. The maximum Gasteiger partial charge on any atom is 0.129 e. The van der Waals surface area contributed by atoms with Crippen molar-refractivity contribution in [1.29, 1.82) is 0 Å². The van der Waals surface area contributed by atoms with Crippen LogP contribution in [0.25, 0.3) is 0 Å². The highest BCUT2D eigenvalue weighted by Gasteiger charge is 2.07. The Kier molecular flexibility index (Phi) is 5.27. The van der Waals surface area contributed by atoms with Crippen LogP contribution in [0.4, 0.5) is 0 Å². The fourth-order valence-electron chi connectivity index (χ4n) is 0.780. The van der Waals surface area contributed by atoms with E-state index in [0.717, 1.165) is 12.8 Å². The van der Waals surface area contributed by atoms with Crippen molar-refractivity contribution in [2.45, 2.75) is 52.1 Å². The first-order valence-corrected chi connectivity index (χ1v) is 12.2. The van der Waals surface area contributed by atoms with Gasteiger partial charge in [-0.2, -0.15) is 0 Å². The van der Waals surface area contributed by atoms with Crippen LogP contribution in [-0.4, -0.2) is 16.1 Å². The molecule has 0 amide bonds. The molecule has 0 aliphatic rings. The summed E-state index contributed by atoms with van der Waals surface area (Å²) in [4.78, 5) is 0. The summed E-state index contributed by atoms with van der Waals surface area (Å²) in [5, 5.41) is 0. The maximum atomic E-state index is 3.35. The molecule has 0 nitrogen and oxygen atoms in total. The predicted octanol–water partition coefficient (Wildman–Crippen LogP) is 3.53. The maximum absolute atomic E-state index is 3.35. The smallest absolute Gasteiger partial charge is 0.129 e. The Bertz CT molecular complexity index is 249. The van der Waals surface area contributed by atoms with Crippen molar-refractivity contribution in [2.24, 2.45) is 0 Å². The summed E-state index contributed by atoms with van der Waals surface area (Å²) < 4.78 is 0. The molecule has 0 spiro atoms. The van der Waals surface area contributed by atoms with Crippen LogP contribution in [0.2, 0.25) is 39.3 Å². The average Bonchev–Trinajstić information content (AvgIpc) is 1.92. The molecule has 0 atom stereocenters. The highest BCUT2D eigenvalue weighted by molar-refractivity contribution is 6.84. The van der Waals surface area contributed by atoms with Gasteiger partial charge in [-0.25, -0.2) is 0 Å². The van der Waals surface area contributed by atoms with E-state index in [2.05, 4.69) is 62.2 Å². The number of rotatable bonds is 1. The molecule has 2 heteroatoms. The standard InChI is InChI=1S/C12H22Si2/c1-13(2,3)11-9-7-8-10-12-14(4,5)6/h7-8H2,1-6H3. The van der Waals surface area contributed by atoms with E-state index in [0.29, 0.717) is 0 Å². The third kappa shape index (κ3) is 11.6. The normalized spacial score (nSPS) is 11.0. The van der Waals surface area contributed by atoms with Gasteiger partial charge in [-0.3, -0.25) is 0 Å². The van der Waals surface area contributed by atoms with Gasteiger partial charge in [0, 0.05) is 12.8 Å². The molecule has 0 fully saturated rings. The summed E-state index contributed by atoms with van der Waals surface area (Å²) in [6.45, 7) is 13.6. The highest BCUT2D eigenvalue weighted by atomic mass is 28.3. The zero-order chi connectivity index (χ0) is 11.2. The monoisotopic (exact) mass is 222 g/mol.